The van der Waals surface area contributed by atoms with Crippen molar-refractivity contribution in [2.45, 2.75) is 78.7 Å². The molecule has 0 aromatic rings. The average Bonchev–Trinajstić information content (AvgIpc) is 3.04. The van der Waals surface area contributed by atoms with E-state index in [4.69, 9.17) is 11.2 Å². The molecule has 0 heterocycles. The lowest BCUT2D eigenvalue weighted by Crippen LogP contribution is -2.51. The first-order valence-electron chi connectivity index (χ1n) is 11.9. The molecular weight excluding hydrogens is 402 g/mol. The second-order valence-corrected chi connectivity index (χ2v) is 10.7. The Labute approximate surface area is 191 Å². The predicted molar refractivity (Wildman–Crippen MR) is 122 cm³/mol. The minimum atomic E-state index is -0.212. The van der Waals surface area contributed by atoms with E-state index in [2.05, 4.69) is 25.8 Å². The average molecular weight is 438 g/mol. The molecule has 0 N–H and O–H groups in total. The number of rotatable bonds is 4. The monoisotopic (exact) mass is 437 g/mol. The number of allylic oxidation sites excluding steroid dienone is 3. The molecule has 0 saturated heterocycles. The van der Waals surface area contributed by atoms with Gasteiger partial charge in [0.15, 0.2) is 0 Å². The maximum Gasteiger partial charge on any atom is 0.302 e. The van der Waals surface area contributed by atoms with E-state index >= 15 is 0 Å². The van der Waals surface area contributed by atoms with Crippen LogP contribution in [0.3, 0.4) is 0 Å². The first kappa shape index (κ1) is 22.8. The molecule has 0 spiro atoms. The SMILES string of the molecule is C#CCN(C(C)=O)C1=C(C=O)C[C@H]2[C@@H]3CC=C4C[C@@H](OC(C)=O)CC[C@]4(C)[C@H]3CC[C@]12C. The molecule has 0 aliphatic heterocycles. The van der Waals surface area contributed by atoms with Crippen molar-refractivity contribution in [1.29, 1.82) is 0 Å². The molecule has 2 saturated carbocycles. The van der Waals surface area contributed by atoms with E-state index in [-0.39, 0.29) is 35.4 Å². The normalized spacial score (nSPS) is 37.9. The highest BCUT2D eigenvalue weighted by molar-refractivity contribution is 5.82. The topological polar surface area (TPSA) is 63.7 Å². The lowest BCUT2D eigenvalue weighted by atomic mass is 9.47. The van der Waals surface area contributed by atoms with E-state index in [1.165, 1.54) is 19.4 Å². The Balaban J connectivity index is 1.65. The summed E-state index contributed by atoms with van der Waals surface area (Å²) in [6.07, 6.45) is 15.4. The molecule has 0 aromatic heterocycles. The molecule has 6 atom stereocenters. The van der Waals surface area contributed by atoms with Gasteiger partial charge in [0.25, 0.3) is 0 Å². The summed E-state index contributed by atoms with van der Waals surface area (Å²) in [5.41, 5.74) is 2.97. The van der Waals surface area contributed by atoms with Crippen molar-refractivity contribution >= 4 is 18.2 Å². The van der Waals surface area contributed by atoms with Crippen molar-refractivity contribution in [3.63, 3.8) is 0 Å². The second-order valence-electron chi connectivity index (χ2n) is 10.7. The van der Waals surface area contributed by atoms with Gasteiger partial charge in [-0.25, -0.2) is 0 Å². The molecule has 5 nitrogen and oxygen atoms in total. The molecular formula is C27H35NO4. The summed E-state index contributed by atoms with van der Waals surface area (Å²) >= 11 is 0. The molecule has 0 aromatic carbocycles. The summed E-state index contributed by atoms with van der Waals surface area (Å²) in [4.78, 5) is 37.7. The molecule has 4 rings (SSSR count). The van der Waals surface area contributed by atoms with Crippen molar-refractivity contribution in [2.75, 3.05) is 6.54 Å². The zero-order valence-corrected chi connectivity index (χ0v) is 19.8. The van der Waals surface area contributed by atoms with Gasteiger partial charge in [0.2, 0.25) is 5.91 Å². The molecule has 0 unspecified atom stereocenters. The van der Waals surface area contributed by atoms with E-state index in [9.17, 15) is 14.4 Å². The van der Waals surface area contributed by atoms with E-state index in [0.717, 1.165) is 62.5 Å². The number of hydrogen-bond donors (Lipinski definition) is 0. The number of fused-ring (bicyclic) bond motifs is 5. The fourth-order valence-electron chi connectivity index (χ4n) is 7.68. The van der Waals surface area contributed by atoms with E-state index in [0.29, 0.717) is 17.8 Å². The summed E-state index contributed by atoms with van der Waals surface area (Å²) < 4.78 is 5.54. The summed E-state index contributed by atoms with van der Waals surface area (Å²) in [7, 11) is 0. The van der Waals surface area contributed by atoms with Crippen molar-refractivity contribution in [1.82, 2.24) is 4.90 Å². The van der Waals surface area contributed by atoms with Gasteiger partial charge in [-0.3, -0.25) is 14.4 Å². The first-order valence-corrected chi connectivity index (χ1v) is 11.9. The van der Waals surface area contributed by atoms with Crippen LogP contribution in [0.5, 0.6) is 0 Å². The molecule has 4 aliphatic carbocycles. The van der Waals surface area contributed by atoms with Gasteiger partial charge < -0.3 is 9.64 Å². The highest BCUT2D eigenvalue weighted by Crippen LogP contribution is 2.66. The minimum absolute atomic E-state index is 0.00784. The lowest BCUT2D eigenvalue weighted by molar-refractivity contribution is -0.148. The van der Waals surface area contributed by atoms with Crippen molar-refractivity contribution in [3.8, 4) is 12.3 Å². The fraction of sp³-hybridized carbons (Fsp3) is 0.667. The zero-order chi connectivity index (χ0) is 23.3. The van der Waals surface area contributed by atoms with E-state index in [1.54, 1.807) is 4.90 Å². The van der Waals surface area contributed by atoms with Crippen LogP contribution in [0.4, 0.5) is 0 Å². The summed E-state index contributed by atoms with van der Waals surface area (Å²) in [5.74, 6) is 3.66. The molecule has 1 amide bonds. The van der Waals surface area contributed by atoms with Crippen LogP contribution in [-0.4, -0.2) is 35.7 Å². The first-order chi connectivity index (χ1) is 15.2. The number of amides is 1. The van der Waals surface area contributed by atoms with Crippen LogP contribution in [0.2, 0.25) is 0 Å². The third-order valence-electron chi connectivity index (χ3n) is 9.11. The second kappa shape index (κ2) is 8.21. The van der Waals surface area contributed by atoms with Gasteiger partial charge in [-0.05, 0) is 61.7 Å². The van der Waals surface area contributed by atoms with Crippen LogP contribution in [0, 0.1) is 40.9 Å². The Morgan fingerprint density at radius 1 is 1.19 bits per heavy atom. The van der Waals surface area contributed by atoms with Gasteiger partial charge >= 0.3 is 5.97 Å². The molecule has 4 aliphatic rings. The minimum Gasteiger partial charge on any atom is -0.462 e. The third kappa shape index (κ3) is 3.43. The summed E-state index contributed by atoms with van der Waals surface area (Å²) in [5, 5.41) is 0. The summed E-state index contributed by atoms with van der Waals surface area (Å²) in [6, 6.07) is 0. The standard InChI is InChI=1S/C27H35NO4/c1-6-13-28(17(2)30)25-19(16-29)14-24-22-8-7-20-15-21(32-18(3)31)9-11-26(20,4)23(22)10-12-27(24,25)5/h1,7,16,21-24H,8-15H2,2-5H3/t21-,22+,23-,24-,26-,27-/m0/s1. The Bertz CT molecular complexity index is 940. The summed E-state index contributed by atoms with van der Waals surface area (Å²) in [6.45, 7) is 7.86. The van der Waals surface area contributed by atoms with Gasteiger partial charge in [0, 0.05) is 37.0 Å². The number of ether oxygens (including phenoxy) is 1. The van der Waals surface area contributed by atoms with Crippen molar-refractivity contribution in [3.05, 3.63) is 22.9 Å². The van der Waals surface area contributed by atoms with Crippen LogP contribution in [0.25, 0.3) is 0 Å². The number of hydrogen-bond acceptors (Lipinski definition) is 4. The van der Waals surface area contributed by atoms with Crippen LogP contribution in [0.1, 0.15) is 72.6 Å². The number of nitrogens with zero attached hydrogens (tertiary/aromatic N) is 1. The van der Waals surface area contributed by atoms with Gasteiger partial charge in [-0.1, -0.05) is 31.4 Å². The van der Waals surface area contributed by atoms with Gasteiger partial charge in [0.1, 0.15) is 12.4 Å². The van der Waals surface area contributed by atoms with Gasteiger partial charge in [-0.2, -0.15) is 0 Å². The van der Waals surface area contributed by atoms with Gasteiger partial charge in [-0.15, -0.1) is 6.42 Å². The maximum absolute atomic E-state index is 12.5. The number of terminal acetylenes is 1. The molecule has 32 heavy (non-hydrogen) atoms. The predicted octanol–water partition coefficient (Wildman–Crippen LogP) is 4.43. The molecule has 5 heteroatoms. The smallest absolute Gasteiger partial charge is 0.302 e. The van der Waals surface area contributed by atoms with Crippen LogP contribution in [-0.2, 0) is 19.1 Å². The van der Waals surface area contributed by atoms with Gasteiger partial charge in [0.05, 0.1) is 6.54 Å². The van der Waals surface area contributed by atoms with Crippen molar-refractivity contribution in [2.24, 2.45) is 28.6 Å². The molecule has 0 radical (unpaired) electrons. The van der Waals surface area contributed by atoms with Crippen LogP contribution >= 0.6 is 0 Å². The lowest BCUT2D eigenvalue weighted by Gasteiger charge is -2.58. The number of carbonyl (C=O) groups is 3. The number of aldehydes is 1. The van der Waals surface area contributed by atoms with Crippen LogP contribution < -0.4 is 0 Å². The van der Waals surface area contributed by atoms with E-state index < -0.39 is 0 Å². The maximum atomic E-state index is 12.5. The highest BCUT2D eigenvalue weighted by Gasteiger charge is 2.59. The molecule has 172 valence electrons. The third-order valence-corrected chi connectivity index (χ3v) is 9.11. The Morgan fingerprint density at radius 2 is 1.91 bits per heavy atom. The van der Waals surface area contributed by atoms with Crippen molar-refractivity contribution < 1.29 is 19.1 Å². The Kier molecular flexibility index (Phi) is 5.86. The quantitative estimate of drug-likeness (QED) is 0.283. The largest absolute Gasteiger partial charge is 0.462 e. The molecule has 0 bridgehead atoms. The zero-order valence-electron chi connectivity index (χ0n) is 19.8. The fourth-order valence-corrected chi connectivity index (χ4v) is 7.68. The Morgan fingerprint density at radius 3 is 2.53 bits per heavy atom. The Hall–Kier alpha value is -2.35. The number of esters is 1. The van der Waals surface area contributed by atoms with E-state index in [1.807, 2.05) is 0 Å². The molecule has 2 fully saturated rings. The number of carbonyl (C=O) groups excluding carboxylic acids is 3. The highest BCUT2D eigenvalue weighted by atomic mass is 16.5. The van der Waals surface area contributed by atoms with Crippen LogP contribution in [0.15, 0.2) is 22.9 Å².